The van der Waals surface area contributed by atoms with Crippen LogP contribution in [0.1, 0.15) is 5.56 Å². The first-order valence-electron chi connectivity index (χ1n) is 9.21. The number of sulfonamides is 1. The van der Waals surface area contributed by atoms with Gasteiger partial charge in [-0.2, -0.15) is 0 Å². The second-order valence-corrected chi connectivity index (χ2v) is 8.26. The molecule has 0 saturated carbocycles. The highest BCUT2D eigenvalue weighted by Gasteiger charge is 2.18. The van der Waals surface area contributed by atoms with Gasteiger partial charge in [-0.25, -0.2) is 17.9 Å². The van der Waals surface area contributed by atoms with Crippen LogP contribution in [0, 0.1) is 6.92 Å². The van der Waals surface area contributed by atoms with E-state index in [1.807, 2.05) is 61.5 Å². The largest absolute Gasteiger partial charge is 0.326 e. The molecule has 2 N–H and O–H groups in total. The summed E-state index contributed by atoms with van der Waals surface area (Å²) in [5.74, 6) is 0. The van der Waals surface area contributed by atoms with Gasteiger partial charge in [0.15, 0.2) is 0 Å². The van der Waals surface area contributed by atoms with Crippen molar-refractivity contribution < 1.29 is 13.2 Å². The number of hydrogen-bond donors (Lipinski definition) is 2. The summed E-state index contributed by atoms with van der Waals surface area (Å²) < 4.78 is 27.4. The molecule has 0 aromatic heterocycles. The van der Waals surface area contributed by atoms with Crippen LogP contribution in [0.15, 0.2) is 89.8 Å². The normalized spacial score (nSPS) is 11.1. The lowest BCUT2D eigenvalue weighted by atomic mass is 10.2. The van der Waals surface area contributed by atoms with E-state index in [1.54, 1.807) is 18.2 Å². The molecule has 3 rings (SSSR count). The van der Waals surface area contributed by atoms with Crippen molar-refractivity contribution in [3.8, 4) is 0 Å². The van der Waals surface area contributed by atoms with Gasteiger partial charge in [-0.1, -0.05) is 48.5 Å². The van der Waals surface area contributed by atoms with Crippen LogP contribution in [-0.2, 0) is 10.0 Å². The molecule has 0 heterocycles. The van der Waals surface area contributed by atoms with E-state index in [4.69, 9.17) is 0 Å². The second-order valence-electron chi connectivity index (χ2n) is 6.50. The number of para-hydroxylation sites is 1. The fourth-order valence-electron chi connectivity index (χ4n) is 2.84. The van der Waals surface area contributed by atoms with Crippen molar-refractivity contribution in [2.45, 2.75) is 11.8 Å². The van der Waals surface area contributed by atoms with E-state index in [-0.39, 0.29) is 24.0 Å². The van der Waals surface area contributed by atoms with Gasteiger partial charge < -0.3 is 5.32 Å². The molecular formula is C22H23N3O3S. The first-order valence-corrected chi connectivity index (χ1v) is 10.7. The van der Waals surface area contributed by atoms with Crippen LogP contribution in [0.2, 0.25) is 0 Å². The number of rotatable bonds is 7. The number of urea groups is 1. The zero-order valence-corrected chi connectivity index (χ0v) is 16.9. The van der Waals surface area contributed by atoms with Gasteiger partial charge in [-0.3, -0.25) is 4.90 Å². The molecule has 0 fully saturated rings. The molecule has 7 heteroatoms. The second kappa shape index (κ2) is 9.36. The number of nitrogens with zero attached hydrogens (tertiary/aromatic N) is 1. The molecule has 0 aliphatic rings. The molecule has 6 nitrogen and oxygen atoms in total. The summed E-state index contributed by atoms with van der Waals surface area (Å²) in [6.07, 6.45) is 0. The van der Waals surface area contributed by atoms with Gasteiger partial charge in [-0.15, -0.1) is 0 Å². The Morgan fingerprint density at radius 2 is 1.55 bits per heavy atom. The zero-order valence-electron chi connectivity index (χ0n) is 16.1. The number of amides is 2. The first-order chi connectivity index (χ1) is 14.0. The summed E-state index contributed by atoms with van der Waals surface area (Å²) in [5, 5.41) is 2.87. The molecule has 0 radical (unpaired) electrons. The highest BCUT2D eigenvalue weighted by molar-refractivity contribution is 7.89. The highest BCUT2D eigenvalue weighted by atomic mass is 32.2. The maximum atomic E-state index is 12.9. The molecule has 0 atom stereocenters. The summed E-state index contributed by atoms with van der Waals surface area (Å²) in [5.41, 5.74) is 2.39. The molecule has 0 spiro atoms. The molecule has 0 aliphatic heterocycles. The topological polar surface area (TPSA) is 78.5 Å². The van der Waals surface area contributed by atoms with Crippen molar-refractivity contribution in [3.05, 3.63) is 90.5 Å². The summed E-state index contributed by atoms with van der Waals surface area (Å²) in [4.78, 5) is 14.6. The number of nitrogens with one attached hydrogen (secondary N) is 2. The van der Waals surface area contributed by atoms with Crippen molar-refractivity contribution in [2.24, 2.45) is 0 Å². The van der Waals surface area contributed by atoms with E-state index in [9.17, 15) is 13.2 Å². The number of anilines is 2. The number of hydrogen-bond acceptors (Lipinski definition) is 3. The molecule has 150 valence electrons. The van der Waals surface area contributed by atoms with E-state index >= 15 is 0 Å². The molecule has 0 bridgehead atoms. The Morgan fingerprint density at radius 3 is 2.21 bits per heavy atom. The Hall–Kier alpha value is -3.16. The van der Waals surface area contributed by atoms with Gasteiger partial charge in [0.1, 0.15) is 0 Å². The number of carbonyl (C=O) groups is 1. The summed E-state index contributed by atoms with van der Waals surface area (Å²) in [6.45, 7) is 2.20. The maximum Gasteiger partial charge on any atom is 0.326 e. The van der Waals surface area contributed by atoms with Gasteiger partial charge in [0.05, 0.1) is 4.90 Å². The van der Waals surface area contributed by atoms with Gasteiger partial charge in [-0.05, 0) is 48.9 Å². The van der Waals surface area contributed by atoms with Crippen LogP contribution in [0.25, 0.3) is 0 Å². The SMILES string of the molecule is Cc1cccc(NC(=O)N(CCNS(=O)(=O)c2ccccc2)c2ccccc2)c1. The summed E-state index contributed by atoms with van der Waals surface area (Å²) >= 11 is 0. The van der Waals surface area contributed by atoms with E-state index < -0.39 is 10.0 Å². The third-order valence-corrected chi connectivity index (χ3v) is 5.74. The summed E-state index contributed by atoms with van der Waals surface area (Å²) in [7, 11) is -3.64. The van der Waals surface area contributed by atoms with Gasteiger partial charge in [0.2, 0.25) is 10.0 Å². The minimum Gasteiger partial charge on any atom is -0.308 e. The Kier molecular flexibility index (Phi) is 6.64. The fraction of sp³-hybridized carbons (Fsp3) is 0.136. The Balaban J connectivity index is 1.72. The lowest BCUT2D eigenvalue weighted by molar-refractivity contribution is 0.257. The lowest BCUT2D eigenvalue weighted by Gasteiger charge is -2.23. The molecule has 0 saturated heterocycles. The lowest BCUT2D eigenvalue weighted by Crippen LogP contribution is -2.41. The predicted molar refractivity (Wildman–Crippen MR) is 116 cm³/mol. The van der Waals surface area contributed by atoms with Crippen LogP contribution in [0.3, 0.4) is 0 Å². The van der Waals surface area contributed by atoms with Crippen LogP contribution in [0.4, 0.5) is 16.2 Å². The summed E-state index contributed by atoms with van der Waals surface area (Å²) in [6, 6.07) is 24.4. The molecule has 3 aromatic carbocycles. The Morgan fingerprint density at radius 1 is 0.897 bits per heavy atom. The molecule has 2 amide bonds. The van der Waals surface area contributed by atoms with E-state index in [0.717, 1.165) is 5.56 Å². The average molecular weight is 410 g/mol. The molecule has 0 unspecified atom stereocenters. The highest BCUT2D eigenvalue weighted by Crippen LogP contribution is 2.16. The Bertz CT molecular complexity index is 1050. The van der Waals surface area contributed by atoms with Crippen molar-refractivity contribution in [1.82, 2.24) is 4.72 Å². The van der Waals surface area contributed by atoms with E-state index in [2.05, 4.69) is 10.0 Å². The third-order valence-electron chi connectivity index (χ3n) is 4.26. The molecule has 0 aliphatic carbocycles. The van der Waals surface area contributed by atoms with Crippen molar-refractivity contribution in [1.29, 1.82) is 0 Å². The smallest absolute Gasteiger partial charge is 0.308 e. The van der Waals surface area contributed by atoms with Crippen molar-refractivity contribution in [3.63, 3.8) is 0 Å². The maximum absolute atomic E-state index is 12.9. The molecule has 29 heavy (non-hydrogen) atoms. The van der Waals surface area contributed by atoms with Crippen LogP contribution in [0.5, 0.6) is 0 Å². The minimum atomic E-state index is -3.64. The number of aryl methyl sites for hydroxylation is 1. The quantitative estimate of drug-likeness (QED) is 0.619. The minimum absolute atomic E-state index is 0.0767. The van der Waals surface area contributed by atoms with Crippen molar-refractivity contribution >= 4 is 27.4 Å². The van der Waals surface area contributed by atoms with Gasteiger partial charge in [0, 0.05) is 24.5 Å². The Labute approximate surface area is 171 Å². The standard InChI is InChI=1S/C22H23N3O3S/c1-18-9-8-10-19(17-18)24-22(26)25(20-11-4-2-5-12-20)16-15-23-29(27,28)21-13-6-3-7-14-21/h2-14,17,23H,15-16H2,1H3,(H,24,26). The first kappa shape index (κ1) is 20.6. The van der Waals surface area contributed by atoms with Crippen LogP contribution in [-0.4, -0.2) is 27.5 Å². The zero-order chi connectivity index (χ0) is 20.7. The molecular weight excluding hydrogens is 386 g/mol. The average Bonchev–Trinajstić information content (AvgIpc) is 2.72. The monoisotopic (exact) mass is 409 g/mol. The van der Waals surface area contributed by atoms with E-state index in [1.165, 1.54) is 17.0 Å². The third kappa shape index (κ3) is 5.66. The van der Waals surface area contributed by atoms with Gasteiger partial charge >= 0.3 is 6.03 Å². The number of carbonyl (C=O) groups excluding carboxylic acids is 1. The van der Waals surface area contributed by atoms with Crippen LogP contribution < -0.4 is 14.9 Å². The van der Waals surface area contributed by atoms with Crippen LogP contribution >= 0.6 is 0 Å². The predicted octanol–water partition coefficient (Wildman–Crippen LogP) is 4.01. The molecule has 3 aromatic rings. The fourth-order valence-corrected chi connectivity index (χ4v) is 3.89. The van der Waals surface area contributed by atoms with Gasteiger partial charge in [0.25, 0.3) is 0 Å². The van der Waals surface area contributed by atoms with Crippen molar-refractivity contribution in [2.75, 3.05) is 23.3 Å². The number of benzene rings is 3. The van der Waals surface area contributed by atoms with E-state index in [0.29, 0.717) is 11.4 Å².